The highest BCUT2D eigenvalue weighted by molar-refractivity contribution is 7.99. The third kappa shape index (κ3) is 6.83. The molecule has 98 valence electrons. The first-order valence-corrected chi connectivity index (χ1v) is 8.04. The molecule has 0 heterocycles. The molecule has 3 atom stereocenters. The second-order valence-corrected chi connectivity index (χ2v) is 7.69. The molecule has 16 heavy (non-hydrogen) atoms. The van der Waals surface area contributed by atoms with Gasteiger partial charge in [-0.25, -0.2) is 0 Å². The predicted molar refractivity (Wildman–Crippen MR) is 79.2 cm³/mol. The van der Waals surface area contributed by atoms with Gasteiger partial charge in [-0.05, 0) is 42.3 Å². The maximum absolute atomic E-state index is 2.43. The van der Waals surface area contributed by atoms with Crippen molar-refractivity contribution in [2.75, 3.05) is 5.75 Å². The van der Waals surface area contributed by atoms with Gasteiger partial charge in [-0.15, -0.1) is 0 Å². The molecule has 3 unspecified atom stereocenters. The molecule has 0 amide bonds. The Balaban J connectivity index is 4.21. The van der Waals surface area contributed by atoms with E-state index in [-0.39, 0.29) is 0 Å². The van der Waals surface area contributed by atoms with Gasteiger partial charge in [-0.1, -0.05) is 48.5 Å². The summed E-state index contributed by atoms with van der Waals surface area (Å²) in [4.78, 5) is 0. The summed E-state index contributed by atoms with van der Waals surface area (Å²) in [6.07, 6.45) is 2.79. The van der Waals surface area contributed by atoms with Gasteiger partial charge in [0.15, 0.2) is 0 Å². The molecule has 0 fully saturated rings. The first kappa shape index (κ1) is 16.4. The van der Waals surface area contributed by atoms with Crippen LogP contribution in [-0.4, -0.2) is 11.0 Å². The largest absolute Gasteiger partial charge is 0.159 e. The molecular formula is C15H32S. The number of rotatable bonds is 8. The van der Waals surface area contributed by atoms with Crippen LogP contribution in [0.15, 0.2) is 0 Å². The average molecular weight is 244 g/mol. The monoisotopic (exact) mass is 244 g/mol. The van der Waals surface area contributed by atoms with Crippen LogP contribution in [0.5, 0.6) is 0 Å². The van der Waals surface area contributed by atoms with Crippen LogP contribution in [-0.2, 0) is 0 Å². The molecule has 0 aliphatic heterocycles. The van der Waals surface area contributed by atoms with E-state index in [1.165, 1.54) is 18.6 Å². The van der Waals surface area contributed by atoms with Crippen LogP contribution in [0.1, 0.15) is 61.3 Å². The zero-order valence-electron chi connectivity index (χ0n) is 12.4. The maximum Gasteiger partial charge on any atom is 0.00494 e. The smallest absolute Gasteiger partial charge is 0.00494 e. The molecule has 0 spiro atoms. The van der Waals surface area contributed by atoms with Crippen molar-refractivity contribution in [1.82, 2.24) is 0 Å². The number of hydrogen-bond donors (Lipinski definition) is 0. The fraction of sp³-hybridized carbons (Fsp3) is 1.00. The molecule has 0 saturated carbocycles. The van der Waals surface area contributed by atoms with Crippen molar-refractivity contribution in [3.05, 3.63) is 0 Å². The van der Waals surface area contributed by atoms with E-state index in [9.17, 15) is 0 Å². The highest BCUT2D eigenvalue weighted by atomic mass is 32.2. The van der Waals surface area contributed by atoms with Gasteiger partial charge in [0.2, 0.25) is 0 Å². The summed E-state index contributed by atoms with van der Waals surface area (Å²) in [5.74, 6) is 4.69. The molecule has 0 nitrogen and oxygen atoms in total. The molecular weight excluding hydrogens is 212 g/mol. The van der Waals surface area contributed by atoms with Crippen molar-refractivity contribution < 1.29 is 0 Å². The van der Waals surface area contributed by atoms with Crippen molar-refractivity contribution in [1.29, 1.82) is 0 Å². The van der Waals surface area contributed by atoms with Crippen molar-refractivity contribution in [3.8, 4) is 0 Å². The van der Waals surface area contributed by atoms with E-state index in [0.29, 0.717) is 0 Å². The molecule has 0 saturated heterocycles. The molecule has 0 aliphatic rings. The van der Waals surface area contributed by atoms with Gasteiger partial charge in [0, 0.05) is 5.25 Å². The van der Waals surface area contributed by atoms with Gasteiger partial charge in [-0.3, -0.25) is 0 Å². The van der Waals surface area contributed by atoms with Crippen molar-refractivity contribution in [2.24, 2.45) is 23.7 Å². The lowest BCUT2D eigenvalue weighted by molar-refractivity contribution is 0.281. The van der Waals surface area contributed by atoms with E-state index in [4.69, 9.17) is 0 Å². The lowest BCUT2D eigenvalue weighted by atomic mass is 9.82. The Morgan fingerprint density at radius 3 is 1.81 bits per heavy atom. The van der Waals surface area contributed by atoms with Crippen LogP contribution in [0.2, 0.25) is 0 Å². The van der Waals surface area contributed by atoms with Gasteiger partial charge in [0.1, 0.15) is 0 Å². The molecule has 0 rings (SSSR count). The molecule has 0 bridgehead atoms. The van der Waals surface area contributed by atoms with E-state index < -0.39 is 0 Å². The van der Waals surface area contributed by atoms with E-state index >= 15 is 0 Å². The van der Waals surface area contributed by atoms with Gasteiger partial charge in [0.25, 0.3) is 0 Å². The van der Waals surface area contributed by atoms with Gasteiger partial charge >= 0.3 is 0 Å². The van der Waals surface area contributed by atoms with Crippen LogP contribution in [0.4, 0.5) is 0 Å². The normalized spacial score (nSPS) is 17.8. The summed E-state index contributed by atoms with van der Waals surface area (Å²) in [6, 6.07) is 0. The second-order valence-electron chi connectivity index (χ2n) is 6.04. The Morgan fingerprint density at radius 1 is 0.875 bits per heavy atom. The Bertz CT molecular complexity index is 163. The molecule has 1 heteroatoms. The van der Waals surface area contributed by atoms with Crippen LogP contribution < -0.4 is 0 Å². The lowest BCUT2D eigenvalue weighted by Crippen LogP contribution is -2.23. The average Bonchev–Trinajstić information content (AvgIpc) is 2.12. The molecule has 0 aliphatic carbocycles. The summed E-state index contributed by atoms with van der Waals surface area (Å²) in [6.45, 7) is 16.6. The van der Waals surface area contributed by atoms with E-state index in [0.717, 1.165) is 28.9 Å². The first-order chi connectivity index (χ1) is 7.38. The van der Waals surface area contributed by atoms with Crippen LogP contribution in [0.3, 0.4) is 0 Å². The third-order valence-corrected chi connectivity index (χ3v) is 4.65. The minimum atomic E-state index is 0.819. The Labute approximate surface area is 108 Å². The zero-order valence-corrected chi connectivity index (χ0v) is 13.2. The molecule has 0 aromatic rings. The SMILES string of the molecule is CCSC(C)C(CC(C)CC(C)C)C(C)C. The highest BCUT2D eigenvalue weighted by Crippen LogP contribution is 2.32. The highest BCUT2D eigenvalue weighted by Gasteiger charge is 2.23. The molecule has 0 radical (unpaired) electrons. The summed E-state index contributed by atoms with van der Waals surface area (Å²) < 4.78 is 0. The maximum atomic E-state index is 2.43. The second kappa shape index (κ2) is 8.44. The van der Waals surface area contributed by atoms with Crippen LogP contribution in [0.25, 0.3) is 0 Å². The first-order valence-electron chi connectivity index (χ1n) is 7.00. The Kier molecular flexibility index (Phi) is 8.63. The number of hydrogen-bond acceptors (Lipinski definition) is 1. The standard InChI is InChI=1S/C15H32S/c1-8-16-14(7)15(12(4)5)10-13(6)9-11(2)3/h11-15H,8-10H2,1-7H3. The molecule has 0 aromatic heterocycles. The third-order valence-electron chi connectivity index (χ3n) is 3.44. The van der Waals surface area contributed by atoms with Gasteiger partial charge < -0.3 is 0 Å². The molecule has 0 N–H and O–H groups in total. The van der Waals surface area contributed by atoms with Crippen LogP contribution in [0, 0.1) is 23.7 Å². The summed E-state index contributed by atoms with van der Waals surface area (Å²) >= 11 is 2.13. The summed E-state index contributed by atoms with van der Waals surface area (Å²) in [5, 5.41) is 0.819. The predicted octanol–water partition coefficient (Wildman–Crippen LogP) is 5.47. The molecule has 0 aromatic carbocycles. The van der Waals surface area contributed by atoms with Crippen molar-refractivity contribution in [3.63, 3.8) is 0 Å². The van der Waals surface area contributed by atoms with Gasteiger partial charge in [0.05, 0.1) is 0 Å². The number of thioether (sulfide) groups is 1. The Morgan fingerprint density at radius 2 is 1.44 bits per heavy atom. The van der Waals surface area contributed by atoms with Crippen molar-refractivity contribution >= 4 is 11.8 Å². The van der Waals surface area contributed by atoms with Gasteiger partial charge in [-0.2, -0.15) is 11.8 Å². The van der Waals surface area contributed by atoms with E-state index in [1.807, 2.05) is 0 Å². The minimum absolute atomic E-state index is 0.819. The van der Waals surface area contributed by atoms with E-state index in [2.05, 4.69) is 60.2 Å². The van der Waals surface area contributed by atoms with Crippen molar-refractivity contribution in [2.45, 2.75) is 66.6 Å². The minimum Gasteiger partial charge on any atom is -0.159 e. The zero-order chi connectivity index (χ0) is 12.7. The summed E-state index contributed by atoms with van der Waals surface area (Å²) in [7, 11) is 0. The van der Waals surface area contributed by atoms with E-state index in [1.54, 1.807) is 0 Å². The summed E-state index contributed by atoms with van der Waals surface area (Å²) in [5.41, 5.74) is 0. The van der Waals surface area contributed by atoms with Crippen LogP contribution >= 0.6 is 11.8 Å². The lowest BCUT2D eigenvalue weighted by Gasteiger charge is -2.30. The fourth-order valence-electron chi connectivity index (χ4n) is 2.76. The fourth-order valence-corrected chi connectivity index (χ4v) is 3.96. The quantitative estimate of drug-likeness (QED) is 0.545. The topological polar surface area (TPSA) is 0 Å². The Hall–Kier alpha value is 0.350.